The second kappa shape index (κ2) is 6.50. The summed E-state index contributed by atoms with van der Waals surface area (Å²) in [4.78, 5) is 23.6. The van der Waals surface area contributed by atoms with Crippen LogP contribution < -0.4 is 4.90 Å². The normalized spacial score (nSPS) is 19.4. The molecule has 0 N–H and O–H groups in total. The molecule has 1 atom stereocenters. The highest BCUT2D eigenvalue weighted by Gasteiger charge is 2.19. The molecule has 5 nitrogen and oxygen atoms in total. The van der Waals surface area contributed by atoms with Crippen molar-refractivity contribution in [1.29, 1.82) is 0 Å². The molecular formula is C15H20N2O3. The first-order chi connectivity index (χ1) is 9.65. The molecule has 0 aliphatic carbocycles. The van der Waals surface area contributed by atoms with Crippen molar-refractivity contribution in [2.75, 3.05) is 18.0 Å². The van der Waals surface area contributed by atoms with Gasteiger partial charge in [0.25, 0.3) is 5.69 Å². The maximum atomic E-state index is 11.0. The van der Waals surface area contributed by atoms with Gasteiger partial charge in [-0.1, -0.05) is 13.3 Å². The van der Waals surface area contributed by atoms with Crippen molar-refractivity contribution in [3.05, 3.63) is 33.9 Å². The summed E-state index contributed by atoms with van der Waals surface area (Å²) < 4.78 is 0. The minimum Gasteiger partial charge on any atom is -0.372 e. The highest BCUT2D eigenvalue weighted by molar-refractivity contribution is 5.83. The first kappa shape index (κ1) is 14.5. The van der Waals surface area contributed by atoms with E-state index >= 15 is 0 Å². The van der Waals surface area contributed by atoms with E-state index in [1.165, 1.54) is 18.9 Å². The van der Waals surface area contributed by atoms with Crippen molar-refractivity contribution >= 4 is 17.7 Å². The number of hydrogen-bond acceptors (Lipinski definition) is 4. The molecule has 1 aliphatic rings. The third-order valence-corrected chi connectivity index (χ3v) is 4.12. The Labute approximate surface area is 118 Å². The van der Waals surface area contributed by atoms with E-state index < -0.39 is 4.92 Å². The van der Waals surface area contributed by atoms with E-state index in [1.807, 2.05) is 0 Å². The van der Waals surface area contributed by atoms with Crippen LogP contribution in [-0.2, 0) is 0 Å². The van der Waals surface area contributed by atoms with E-state index in [9.17, 15) is 14.9 Å². The molecular weight excluding hydrogens is 256 g/mol. The topological polar surface area (TPSA) is 63.4 Å². The summed E-state index contributed by atoms with van der Waals surface area (Å²) in [5.41, 5.74) is 0.947. The molecule has 108 valence electrons. The molecule has 20 heavy (non-hydrogen) atoms. The molecule has 1 heterocycles. The van der Waals surface area contributed by atoms with Crippen LogP contribution in [0.3, 0.4) is 0 Å². The van der Waals surface area contributed by atoms with E-state index in [-0.39, 0.29) is 11.3 Å². The zero-order chi connectivity index (χ0) is 14.5. The molecule has 1 aliphatic heterocycles. The van der Waals surface area contributed by atoms with Crippen LogP contribution in [0, 0.1) is 16.0 Å². The standard InChI is InChI=1S/C15H20N2O3/c1-2-12-4-3-8-16(9-7-12)14-5-6-15(17(19)20)13(10-14)11-18/h5-6,10-12H,2-4,7-9H2,1H3. The monoisotopic (exact) mass is 276 g/mol. The van der Waals surface area contributed by atoms with Gasteiger partial charge in [-0.3, -0.25) is 14.9 Å². The SMILES string of the molecule is CCC1CCCN(c2ccc([N+](=O)[O-])c(C=O)c2)CC1. The third-order valence-electron chi connectivity index (χ3n) is 4.12. The molecule has 1 saturated heterocycles. The van der Waals surface area contributed by atoms with E-state index in [1.54, 1.807) is 12.1 Å². The minimum atomic E-state index is -0.511. The minimum absolute atomic E-state index is 0.120. The molecule has 1 aromatic rings. The summed E-state index contributed by atoms with van der Waals surface area (Å²) in [6.07, 6.45) is 5.28. The van der Waals surface area contributed by atoms with E-state index in [2.05, 4.69) is 11.8 Å². The van der Waals surface area contributed by atoms with Gasteiger partial charge in [0.05, 0.1) is 10.5 Å². The van der Waals surface area contributed by atoms with Crippen LogP contribution in [0.5, 0.6) is 0 Å². The van der Waals surface area contributed by atoms with E-state index in [0.717, 1.165) is 37.5 Å². The van der Waals surface area contributed by atoms with Crippen molar-refractivity contribution in [3.8, 4) is 0 Å². The maximum absolute atomic E-state index is 11.0. The van der Waals surface area contributed by atoms with Crippen LogP contribution in [0.25, 0.3) is 0 Å². The summed E-state index contributed by atoms with van der Waals surface area (Å²) in [7, 11) is 0. The largest absolute Gasteiger partial charge is 0.372 e. The van der Waals surface area contributed by atoms with E-state index in [4.69, 9.17) is 0 Å². The van der Waals surface area contributed by atoms with Crippen LogP contribution in [0.4, 0.5) is 11.4 Å². The predicted octanol–water partition coefficient (Wildman–Crippen LogP) is 3.42. The van der Waals surface area contributed by atoms with Crippen molar-refractivity contribution < 1.29 is 9.72 Å². The Morgan fingerprint density at radius 3 is 2.85 bits per heavy atom. The molecule has 1 unspecified atom stereocenters. The van der Waals surface area contributed by atoms with Crippen molar-refractivity contribution in [2.24, 2.45) is 5.92 Å². The lowest BCUT2D eigenvalue weighted by atomic mass is 9.98. The molecule has 5 heteroatoms. The molecule has 0 amide bonds. The zero-order valence-corrected chi connectivity index (χ0v) is 11.7. The summed E-state index contributed by atoms with van der Waals surface area (Å²) in [6, 6.07) is 4.82. The Morgan fingerprint density at radius 1 is 1.40 bits per heavy atom. The Balaban J connectivity index is 2.20. The Hall–Kier alpha value is -1.91. The number of anilines is 1. The number of carbonyl (C=O) groups is 1. The number of nitrogens with zero attached hydrogens (tertiary/aromatic N) is 2. The van der Waals surface area contributed by atoms with Crippen LogP contribution in [0.1, 0.15) is 43.0 Å². The lowest BCUT2D eigenvalue weighted by molar-refractivity contribution is -0.385. The third kappa shape index (κ3) is 3.15. The average Bonchev–Trinajstić information content (AvgIpc) is 2.71. The van der Waals surface area contributed by atoms with Gasteiger partial charge in [0.2, 0.25) is 0 Å². The lowest BCUT2D eigenvalue weighted by Crippen LogP contribution is -2.24. The highest BCUT2D eigenvalue weighted by Crippen LogP contribution is 2.27. The van der Waals surface area contributed by atoms with Gasteiger partial charge in [-0.25, -0.2) is 0 Å². The van der Waals surface area contributed by atoms with Crippen LogP contribution in [-0.4, -0.2) is 24.3 Å². The summed E-state index contributed by atoms with van der Waals surface area (Å²) in [5.74, 6) is 0.767. The fourth-order valence-corrected chi connectivity index (χ4v) is 2.83. The first-order valence-corrected chi connectivity index (χ1v) is 7.14. The summed E-state index contributed by atoms with van der Waals surface area (Å²) >= 11 is 0. The second-order valence-corrected chi connectivity index (χ2v) is 5.31. The quantitative estimate of drug-likeness (QED) is 0.480. The van der Waals surface area contributed by atoms with Gasteiger partial charge in [-0.2, -0.15) is 0 Å². The Kier molecular flexibility index (Phi) is 4.71. The smallest absolute Gasteiger partial charge is 0.280 e. The number of aldehydes is 1. The number of nitro benzene ring substituents is 1. The fourth-order valence-electron chi connectivity index (χ4n) is 2.83. The number of hydrogen-bond donors (Lipinski definition) is 0. The number of carbonyl (C=O) groups excluding carboxylic acids is 1. The van der Waals surface area contributed by atoms with Gasteiger partial charge in [0.15, 0.2) is 6.29 Å². The number of nitro groups is 1. The van der Waals surface area contributed by atoms with Crippen LogP contribution in [0.2, 0.25) is 0 Å². The molecule has 0 radical (unpaired) electrons. The molecule has 0 saturated carbocycles. The molecule has 0 bridgehead atoms. The van der Waals surface area contributed by atoms with Gasteiger partial charge >= 0.3 is 0 Å². The molecule has 0 spiro atoms. The molecule has 2 rings (SSSR count). The highest BCUT2D eigenvalue weighted by atomic mass is 16.6. The van der Waals surface area contributed by atoms with Gasteiger partial charge in [0, 0.05) is 24.8 Å². The van der Waals surface area contributed by atoms with E-state index in [0.29, 0.717) is 6.29 Å². The predicted molar refractivity (Wildman–Crippen MR) is 78.3 cm³/mol. The van der Waals surface area contributed by atoms with Gasteiger partial charge in [-0.05, 0) is 37.3 Å². The van der Waals surface area contributed by atoms with Gasteiger partial charge < -0.3 is 4.90 Å². The molecule has 1 fully saturated rings. The maximum Gasteiger partial charge on any atom is 0.280 e. The van der Waals surface area contributed by atoms with Crippen LogP contribution >= 0.6 is 0 Å². The van der Waals surface area contributed by atoms with Gasteiger partial charge in [-0.15, -0.1) is 0 Å². The fraction of sp³-hybridized carbons (Fsp3) is 0.533. The Bertz CT molecular complexity index is 502. The molecule has 0 aromatic heterocycles. The van der Waals surface area contributed by atoms with Crippen molar-refractivity contribution in [2.45, 2.75) is 32.6 Å². The number of benzene rings is 1. The van der Waals surface area contributed by atoms with Gasteiger partial charge in [0.1, 0.15) is 0 Å². The zero-order valence-electron chi connectivity index (χ0n) is 11.7. The number of rotatable bonds is 4. The summed E-state index contributed by atoms with van der Waals surface area (Å²) in [6.45, 7) is 4.12. The summed E-state index contributed by atoms with van der Waals surface area (Å²) in [5, 5.41) is 10.8. The average molecular weight is 276 g/mol. The van der Waals surface area contributed by atoms with Crippen molar-refractivity contribution in [3.63, 3.8) is 0 Å². The van der Waals surface area contributed by atoms with Crippen LogP contribution in [0.15, 0.2) is 18.2 Å². The van der Waals surface area contributed by atoms with Crippen molar-refractivity contribution in [1.82, 2.24) is 0 Å². The first-order valence-electron chi connectivity index (χ1n) is 7.14. The molecule has 1 aromatic carbocycles. The Morgan fingerprint density at radius 2 is 2.20 bits per heavy atom. The second-order valence-electron chi connectivity index (χ2n) is 5.31. The lowest BCUT2D eigenvalue weighted by Gasteiger charge is -2.23.